The number of anilines is 6. The van der Waals surface area contributed by atoms with Crippen LogP contribution in [0.1, 0.15) is 25.0 Å². The molecular weight excluding hydrogens is 849 g/mol. The third-order valence-corrected chi connectivity index (χ3v) is 14.5. The predicted molar refractivity (Wildman–Crippen MR) is 293 cm³/mol. The standard InChI is InChI=1S/C67H48N2O/c1-67(2)60-26-13-12-23-56(60)57-42-41-55(44-61(57)67)69(54-39-32-50(33-40-54)47-20-10-5-11-21-47)63-43-34-51-22-14-24-58-59-25-15-27-62(65(59)70-66(63)64(51)58)68(52-35-28-48(29-36-52)45-16-6-3-7-17-45)53-37-30-49(31-38-53)46-18-8-4-9-19-46/h3-44H,1-2H3. The lowest BCUT2D eigenvalue weighted by atomic mass is 9.82. The number of hydrogen-bond acceptors (Lipinski definition) is 3. The number of benzene rings is 11. The van der Waals surface area contributed by atoms with Crippen LogP contribution in [0.5, 0.6) is 11.5 Å². The number of nitrogens with zero attached hydrogens (tertiary/aromatic N) is 2. The van der Waals surface area contributed by atoms with Crippen molar-refractivity contribution in [3.05, 3.63) is 266 Å². The van der Waals surface area contributed by atoms with Crippen LogP contribution in [0.25, 0.3) is 66.4 Å². The summed E-state index contributed by atoms with van der Waals surface area (Å²) in [5, 5.41) is 2.22. The Balaban J connectivity index is 0.994. The molecule has 0 saturated carbocycles. The minimum absolute atomic E-state index is 0.179. The van der Waals surface area contributed by atoms with E-state index in [0.717, 1.165) is 78.6 Å². The molecule has 0 spiro atoms. The van der Waals surface area contributed by atoms with Crippen LogP contribution in [0.15, 0.2) is 255 Å². The highest BCUT2D eigenvalue weighted by atomic mass is 16.5. The van der Waals surface area contributed by atoms with Crippen molar-refractivity contribution in [3.8, 4) is 67.1 Å². The van der Waals surface area contributed by atoms with E-state index in [1.807, 2.05) is 0 Å². The van der Waals surface area contributed by atoms with Crippen LogP contribution in [0, 0.1) is 0 Å². The molecule has 1 aliphatic heterocycles. The van der Waals surface area contributed by atoms with Gasteiger partial charge in [-0.3, -0.25) is 0 Å². The molecule has 0 saturated heterocycles. The average molecular weight is 897 g/mol. The Labute approximate surface area is 409 Å². The molecule has 0 unspecified atom stereocenters. The molecule has 11 aromatic carbocycles. The molecule has 1 aliphatic carbocycles. The maximum Gasteiger partial charge on any atom is 0.160 e. The molecule has 2 aliphatic rings. The lowest BCUT2D eigenvalue weighted by molar-refractivity contribution is 0.489. The Bertz CT molecular complexity index is 3650. The molecule has 11 aromatic rings. The summed E-state index contributed by atoms with van der Waals surface area (Å²) in [5.74, 6) is 1.63. The van der Waals surface area contributed by atoms with E-state index in [2.05, 4.69) is 278 Å². The molecule has 0 atom stereocenters. The van der Waals surface area contributed by atoms with Crippen LogP contribution in [0.4, 0.5) is 34.1 Å². The molecule has 1 heterocycles. The van der Waals surface area contributed by atoms with Crippen molar-refractivity contribution in [1.29, 1.82) is 0 Å². The van der Waals surface area contributed by atoms with Crippen molar-refractivity contribution in [2.45, 2.75) is 19.3 Å². The van der Waals surface area contributed by atoms with Gasteiger partial charge in [0.1, 0.15) is 0 Å². The molecule has 0 bridgehead atoms. The minimum Gasteiger partial charge on any atom is -0.452 e. The molecule has 3 nitrogen and oxygen atoms in total. The van der Waals surface area contributed by atoms with Crippen molar-refractivity contribution < 1.29 is 4.74 Å². The van der Waals surface area contributed by atoms with Crippen molar-refractivity contribution in [2.75, 3.05) is 9.80 Å². The van der Waals surface area contributed by atoms with Crippen molar-refractivity contribution in [3.63, 3.8) is 0 Å². The fourth-order valence-electron chi connectivity index (χ4n) is 10.9. The Hall–Kier alpha value is -8.92. The van der Waals surface area contributed by atoms with Crippen molar-refractivity contribution >= 4 is 44.9 Å². The highest BCUT2D eigenvalue weighted by Gasteiger charge is 2.37. The first-order chi connectivity index (χ1) is 34.5. The van der Waals surface area contributed by atoms with E-state index in [1.54, 1.807) is 0 Å². The van der Waals surface area contributed by atoms with Gasteiger partial charge in [0.2, 0.25) is 0 Å². The molecule has 332 valence electrons. The van der Waals surface area contributed by atoms with E-state index in [4.69, 9.17) is 4.74 Å². The normalized spacial score (nSPS) is 12.7. The Morgan fingerprint density at radius 1 is 0.300 bits per heavy atom. The van der Waals surface area contributed by atoms with E-state index in [-0.39, 0.29) is 5.41 Å². The summed E-state index contributed by atoms with van der Waals surface area (Å²) >= 11 is 0. The zero-order chi connectivity index (χ0) is 46.8. The second-order valence-electron chi connectivity index (χ2n) is 18.9. The monoisotopic (exact) mass is 896 g/mol. The van der Waals surface area contributed by atoms with Crippen LogP contribution in [-0.4, -0.2) is 0 Å². The molecule has 0 N–H and O–H groups in total. The fourth-order valence-corrected chi connectivity index (χ4v) is 10.9. The van der Waals surface area contributed by atoms with Gasteiger partial charge in [0.05, 0.1) is 11.4 Å². The molecule has 0 aromatic heterocycles. The van der Waals surface area contributed by atoms with Crippen LogP contribution in [0.3, 0.4) is 0 Å². The SMILES string of the molecule is CC1(C)c2ccccc2-c2ccc(N(c3ccc(-c4ccccc4)cc3)c3ccc4cccc5c4c3Oc3c-5cccc3N(c3ccc(-c4ccccc4)cc3)c3ccc(-c4ccccc4)cc3)cc21. The van der Waals surface area contributed by atoms with Crippen LogP contribution >= 0.6 is 0 Å². The number of ether oxygens (including phenoxy) is 1. The highest BCUT2D eigenvalue weighted by Crippen LogP contribution is 2.58. The lowest BCUT2D eigenvalue weighted by Crippen LogP contribution is -2.17. The third-order valence-electron chi connectivity index (χ3n) is 14.5. The number of fused-ring (bicyclic) bond motifs is 5. The Morgan fingerprint density at radius 2 is 0.729 bits per heavy atom. The second-order valence-corrected chi connectivity index (χ2v) is 18.9. The summed E-state index contributed by atoms with van der Waals surface area (Å²) in [6, 6.07) is 92.1. The van der Waals surface area contributed by atoms with Gasteiger partial charge in [-0.05, 0) is 127 Å². The smallest absolute Gasteiger partial charge is 0.160 e. The minimum atomic E-state index is -0.179. The quantitative estimate of drug-likeness (QED) is 0.144. The zero-order valence-corrected chi connectivity index (χ0v) is 39.1. The fraction of sp³-hybridized carbons (Fsp3) is 0.0448. The van der Waals surface area contributed by atoms with Crippen LogP contribution in [-0.2, 0) is 5.41 Å². The largest absolute Gasteiger partial charge is 0.452 e. The van der Waals surface area contributed by atoms with Gasteiger partial charge >= 0.3 is 0 Å². The van der Waals surface area contributed by atoms with Gasteiger partial charge in [-0.25, -0.2) is 0 Å². The summed E-state index contributed by atoms with van der Waals surface area (Å²) in [7, 11) is 0. The van der Waals surface area contributed by atoms with Crippen LogP contribution < -0.4 is 14.5 Å². The lowest BCUT2D eigenvalue weighted by Gasteiger charge is -2.34. The third kappa shape index (κ3) is 6.89. The van der Waals surface area contributed by atoms with Gasteiger partial charge in [-0.1, -0.05) is 208 Å². The number of rotatable bonds is 9. The van der Waals surface area contributed by atoms with Crippen LogP contribution in [0.2, 0.25) is 0 Å². The van der Waals surface area contributed by atoms with Crippen molar-refractivity contribution in [2.24, 2.45) is 0 Å². The summed E-state index contributed by atoms with van der Waals surface area (Å²) in [5.41, 5.74) is 20.4. The molecular formula is C67H48N2O. The van der Waals surface area contributed by atoms with Crippen molar-refractivity contribution in [1.82, 2.24) is 0 Å². The topological polar surface area (TPSA) is 15.7 Å². The molecule has 3 heteroatoms. The Kier molecular flexibility index (Phi) is 9.85. The summed E-state index contributed by atoms with van der Waals surface area (Å²) in [4.78, 5) is 4.74. The first-order valence-corrected chi connectivity index (χ1v) is 24.2. The molecule has 13 rings (SSSR count). The highest BCUT2D eigenvalue weighted by molar-refractivity contribution is 6.09. The summed E-state index contributed by atoms with van der Waals surface area (Å²) in [6.07, 6.45) is 0. The number of hydrogen-bond donors (Lipinski definition) is 0. The van der Waals surface area contributed by atoms with E-state index in [9.17, 15) is 0 Å². The van der Waals surface area contributed by atoms with Gasteiger partial charge in [0.25, 0.3) is 0 Å². The Morgan fingerprint density at radius 3 is 1.30 bits per heavy atom. The van der Waals surface area contributed by atoms with Gasteiger partial charge < -0.3 is 14.5 Å². The molecule has 0 amide bonds. The molecule has 0 fully saturated rings. The van der Waals surface area contributed by atoms with E-state index >= 15 is 0 Å². The predicted octanol–water partition coefficient (Wildman–Crippen LogP) is 18.9. The van der Waals surface area contributed by atoms with Gasteiger partial charge in [-0.2, -0.15) is 0 Å². The van der Waals surface area contributed by atoms with Gasteiger partial charge in [-0.15, -0.1) is 0 Å². The van der Waals surface area contributed by atoms with Gasteiger partial charge in [0.15, 0.2) is 11.5 Å². The van der Waals surface area contributed by atoms with E-state index < -0.39 is 0 Å². The average Bonchev–Trinajstić information content (AvgIpc) is 3.66. The van der Waals surface area contributed by atoms with E-state index in [0.29, 0.717) is 0 Å². The molecule has 70 heavy (non-hydrogen) atoms. The summed E-state index contributed by atoms with van der Waals surface area (Å²) < 4.78 is 7.64. The van der Waals surface area contributed by atoms with E-state index in [1.165, 1.54) is 44.5 Å². The second kappa shape index (κ2) is 16.7. The van der Waals surface area contributed by atoms with Gasteiger partial charge in [0, 0.05) is 39.1 Å². The summed E-state index contributed by atoms with van der Waals surface area (Å²) in [6.45, 7) is 4.70. The first kappa shape index (κ1) is 41.3. The molecule has 0 radical (unpaired) electrons. The maximum absolute atomic E-state index is 7.64. The maximum atomic E-state index is 7.64. The first-order valence-electron chi connectivity index (χ1n) is 24.2. The zero-order valence-electron chi connectivity index (χ0n) is 39.1. The number of para-hydroxylation sites is 1.